The van der Waals surface area contributed by atoms with Crippen LogP contribution in [0.1, 0.15) is 388 Å². The van der Waals surface area contributed by atoms with E-state index in [9.17, 15) is 43.2 Å². The number of aliphatic hydroxyl groups excluding tert-OH is 1. The summed E-state index contributed by atoms with van der Waals surface area (Å²) in [4.78, 5) is 72.6. The Morgan fingerprint density at radius 2 is 0.495 bits per heavy atom. The van der Waals surface area contributed by atoms with Crippen LogP contribution < -0.4 is 0 Å². The van der Waals surface area contributed by atoms with Gasteiger partial charge in [-0.3, -0.25) is 37.3 Å². The van der Waals surface area contributed by atoms with Crippen molar-refractivity contribution in [1.82, 2.24) is 0 Å². The smallest absolute Gasteiger partial charge is 0.462 e. The lowest BCUT2D eigenvalue weighted by Gasteiger charge is -2.21. The Bertz CT molecular complexity index is 1790. The normalized spacial score (nSPS) is 14.0. The van der Waals surface area contributed by atoms with Crippen LogP contribution >= 0.6 is 15.6 Å². The topological polar surface area (TPSA) is 237 Å². The van der Waals surface area contributed by atoms with E-state index in [2.05, 4.69) is 34.6 Å². The van der Waals surface area contributed by atoms with E-state index < -0.39 is 97.5 Å². The first-order chi connectivity index (χ1) is 45.0. The van der Waals surface area contributed by atoms with E-state index in [1.807, 2.05) is 0 Å². The molecule has 0 saturated heterocycles. The Hall–Kier alpha value is -1.94. The van der Waals surface area contributed by atoms with Crippen LogP contribution in [0.4, 0.5) is 0 Å². The Morgan fingerprint density at radius 1 is 0.290 bits per heavy atom. The van der Waals surface area contributed by atoms with Gasteiger partial charge < -0.3 is 33.8 Å². The fourth-order valence-corrected chi connectivity index (χ4v) is 12.9. The summed E-state index contributed by atoms with van der Waals surface area (Å²) in [5, 5.41) is 10.6. The number of carbonyl (C=O) groups is 4. The number of phosphoric acid groups is 2. The van der Waals surface area contributed by atoms with Crippen molar-refractivity contribution in [2.75, 3.05) is 39.6 Å². The number of esters is 4. The lowest BCUT2D eigenvalue weighted by molar-refractivity contribution is -0.161. The van der Waals surface area contributed by atoms with Gasteiger partial charge in [0, 0.05) is 25.7 Å². The monoisotopic (exact) mass is 1370 g/mol. The van der Waals surface area contributed by atoms with Gasteiger partial charge in [-0.05, 0) is 31.6 Å². The van der Waals surface area contributed by atoms with E-state index in [0.717, 1.165) is 102 Å². The molecular weight excluding hydrogens is 1220 g/mol. The highest BCUT2D eigenvalue weighted by molar-refractivity contribution is 7.47. The number of carbonyl (C=O) groups excluding carboxylic acids is 4. The van der Waals surface area contributed by atoms with Gasteiger partial charge in [0.05, 0.1) is 26.4 Å². The fraction of sp³-hybridized carbons (Fsp3) is 0.946. The molecule has 19 heteroatoms. The van der Waals surface area contributed by atoms with E-state index >= 15 is 0 Å². The molecule has 0 aromatic heterocycles. The molecule has 3 N–H and O–H groups in total. The summed E-state index contributed by atoms with van der Waals surface area (Å²) in [6.07, 6.45) is 55.5. The fourth-order valence-electron chi connectivity index (χ4n) is 11.4. The van der Waals surface area contributed by atoms with E-state index in [1.54, 1.807) is 0 Å². The van der Waals surface area contributed by atoms with Crippen LogP contribution in [-0.2, 0) is 65.4 Å². The number of hydrogen-bond donors (Lipinski definition) is 3. The number of aliphatic hydroxyl groups is 1. The summed E-state index contributed by atoms with van der Waals surface area (Å²) >= 11 is 0. The standard InChI is InChI=1S/C74H144O17P2/c1-6-9-12-15-18-21-23-24-25-26-27-31-35-38-43-48-53-58-72(77)85-64-70(91-74(79)60-55-50-45-40-36-32-29-28-30-34-37-41-46-51-56-67(4)5)66-89-93(82,83)87-62-68(75)61-86-92(80,81)88-65-69(63-84-71(76)57-52-47-42-20-17-14-11-8-3)90-73(78)59-54-49-44-39-33-22-19-16-13-10-7-2/h67-70,75H,6-66H2,1-5H3,(H,80,81)(H,82,83)/t68-,69+,70+/m0/s1. The van der Waals surface area contributed by atoms with Crippen LogP contribution in [0, 0.1) is 5.92 Å². The van der Waals surface area contributed by atoms with Gasteiger partial charge in [-0.15, -0.1) is 0 Å². The molecule has 0 bridgehead atoms. The Morgan fingerprint density at radius 3 is 0.731 bits per heavy atom. The van der Waals surface area contributed by atoms with Gasteiger partial charge in [-0.1, -0.05) is 336 Å². The third-order valence-corrected chi connectivity index (χ3v) is 19.2. The molecule has 0 rings (SSSR count). The number of unbranched alkanes of at least 4 members (excludes halogenated alkanes) is 46. The molecule has 5 atom stereocenters. The van der Waals surface area contributed by atoms with Gasteiger partial charge in [0.15, 0.2) is 12.2 Å². The molecule has 0 aromatic carbocycles. The van der Waals surface area contributed by atoms with Crippen LogP contribution in [0.2, 0.25) is 0 Å². The lowest BCUT2D eigenvalue weighted by atomic mass is 10.0. The molecule has 0 aliphatic rings. The number of ether oxygens (including phenoxy) is 4. The number of phosphoric ester groups is 2. The molecule has 0 spiro atoms. The Kier molecular flexibility index (Phi) is 65.9. The second kappa shape index (κ2) is 67.3. The molecular formula is C74H144O17P2. The largest absolute Gasteiger partial charge is 0.472 e. The van der Waals surface area contributed by atoms with E-state index in [4.69, 9.17) is 37.0 Å². The molecule has 0 amide bonds. The zero-order chi connectivity index (χ0) is 68.4. The SMILES string of the molecule is CCCCCCCCCCCCCCCCCCCC(=O)OC[C@H](COP(=O)(O)OC[C@@H](O)COP(=O)(O)OC[C@@H](COC(=O)CCCCCCCCCC)OC(=O)CCCCCCCCCCCCC)OC(=O)CCCCCCCCCCCCCCCCC(C)C. The second-order valence-corrected chi connectivity index (χ2v) is 30.1. The highest BCUT2D eigenvalue weighted by atomic mass is 31.2. The summed E-state index contributed by atoms with van der Waals surface area (Å²) in [5.74, 6) is -1.32. The Labute approximate surface area is 568 Å². The van der Waals surface area contributed by atoms with Crippen molar-refractivity contribution >= 4 is 39.5 Å². The number of hydrogen-bond acceptors (Lipinski definition) is 15. The lowest BCUT2D eigenvalue weighted by Crippen LogP contribution is -2.30. The molecule has 0 fully saturated rings. The van der Waals surface area contributed by atoms with E-state index in [1.165, 1.54) is 205 Å². The maximum atomic E-state index is 13.1. The van der Waals surface area contributed by atoms with Crippen LogP contribution in [0.5, 0.6) is 0 Å². The summed E-state index contributed by atoms with van der Waals surface area (Å²) in [5.41, 5.74) is 0. The molecule has 17 nitrogen and oxygen atoms in total. The molecule has 0 saturated carbocycles. The summed E-state index contributed by atoms with van der Waals surface area (Å²) in [6.45, 7) is 7.27. The predicted molar refractivity (Wildman–Crippen MR) is 377 cm³/mol. The van der Waals surface area contributed by atoms with Crippen LogP contribution in [0.25, 0.3) is 0 Å². The van der Waals surface area contributed by atoms with Gasteiger partial charge in [0.1, 0.15) is 19.3 Å². The molecule has 0 aliphatic carbocycles. The summed E-state index contributed by atoms with van der Waals surface area (Å²) in [7, 11) is -9.90. The molecule has 0 radical (unpaired) electrons. The van der Waals surface area contributed by atoms with Gasteiger partial charge in [-0.25, -0.2) is 9.13 Å². The van der Waals surface area contributed by atoms with Crippen molar-refractivity contribution in [2.24, 2.45) is 5.92 Å². The molecule has 552 valence electrons. The minimum absolute atomic E-state index is 0.107. The van der Waals surface area contributed by atoms with E-state index in [-0.39, 0.29) is 25.7 Å². The van der Waals surface area contributed by atoms with Gasteiger partial charge in [-0.2, -0.15) is 0 Å². The first-order valence-corrected chi connectivity index (χ1v) is 41.6. The van der Waals surface area contributed by atoms with Gasteiger partial charge in [0.25, 0.3) is 0 Å². The zero-order valence-corrected chi connectivity index (χ0v) is 62.2. The highest BCUT2D eigenvalue weighted by Gasteiger charge is 2.30. The van der Waals surface area contributed by atoms with Crippen molar-refractivity contribution in [1.29, 1.82) is 0 Å². The molecule has 2 unspecified atom stereocenters. The van der Waals surface area contributed by atoms with Gasteiger partial charge >= 0.3 is 39.5 Å². The average Bonchev–Trinajstić information content (AvgIpc) is 3.75. The van der Waals surface area contributed by atoms with Gasteiger partial charge in [0.2, 0.25) is 0 Å². The van der Waals surface area contributed by atoms with Crippen molar-refractivity contribution in [3.63, 3.8) is 0 Å². The van der Waals surface area contributed by atoms with Crippen LogP contribution in [0.15, 0.2) is 0 Å². The van der Waals surface area contributed by atoms with Crippen molar-refractivity contribution in [2.45, 2.75) is 406 Å². The predicted octanol–water partition coefficient (Wildman–Crippen LogP) is 21.7. The maximum absolute atomic E-state index is 13.1. The van der Waals surface area contributed by atoms with Crippen LogP contribution in [0.3, 0.4) is 0 Å². The molecule has 0 aromatic rings. The first-order valence-electron chi connectivity index (χ1n) is 38.6. The Balaban J connectivity index is 5.20. The van der Waals surface area contributed by atoms with Crippen molar-refractivity contribution in [3.8, 4) is 0 Å². The average molecular weight is 1370 g/mol. The van der Waals surface area contributed by atoms with E-state index in [0.29, 0.717) is 25.7 Å². The molecule has 0 heterocycles. The third-order valence-electron chi connectivity index (χ3n) is 17.3. The third kappa shape index (κ3) is 68.4. The quantitative estimate of drug-likeness (QED) is 0.0222. The summed E-state index contributed by atoms with van der Waals surface area (Å²) < 4.78 is 68.4. The summed E-state index contributed by atoms with van der Waals surface area (Å²) in [6, 6.07) is 0. The minimum Gasteiger partial charge on any atom is -0.462 e. The van der Waals surface area contributed by atoms with Crippen LogP contribution in [-0.4, -0.2) is 96.7 Å². The molecule has 0 aliphatic heterocycles. The highest BCUT2D eigenvalue weighted by Crippen LogP contribution is 2.45. The number of rotatable bonds is 74. The first kappa shape index (κ1) is 91.1. The zero-order valence-electron chi connectivity index (χ0n) is 60.4. The molecule has 93 heavy (non-hydrogen) atoms. The van der Waals surface area contributed by atoms with Crippen molar-refractivity contribution in [3.05, 3.63) is 0 Å². The second-order valence-electron chi connectivity index (χ2n) is 27.2. The van der Waals surface area contributed by atoms with Crippen molar-refractivity contribution < 1.29 is 80.2 Å². The minimum atomic E-state index is -4.95. The maximum Gasteiger partial charge on any atom is 0.472 e.